The van der Waals surface area contributed by atoms with E-state index in [1.165, 1.54) is 5.56 Å². The maximum absolute atomic E-state index is 5.00. The number of hydrogen-bond donors (Lipinski definition) is 1. The second-order valence-electron chi connectivity index (χ2n) is 3.39. The Hall–Kier alpha value is -0.910. The molecule has 0 unspecified atom stereocenters. The molecule has 0 aliphatic heterocycles. The van der Waals surface area contributed by atoms with Gasteiger partial charge >= 0.3 is 0 Å². The summed E-state index contributed by atoms with van der Waals surface area (Å²) in [6, 6.07) is 6.22. The van der Waals surface area contributed by atoms with Crippen LogP contribution in [-0.2, 0) is 18.3 Å². The van der Waals surface area contributed by atoms with E-state index < -0.39 is 0 Å². The van der Waals surface area contributed by atoms with Crippen LogP contribution in [0.2, 0.25) is 0 Å². The van der Waals surface area contributed by atoms with Crippen molar-refractivity contribution in [2.75, 3.05) is 6.61 Å². The fraction of sp³-hybridized carbons (Fsp3) is 0.300. The predicted octanol–water partition coefficient (Wildman–Crippen LogP) is 1.77. The number of halogens is 1. The highest BCUT2D eigenvalue weighted by Gasteiger charge is 2.06. The van der Waals surface area contributed by atoms with Gasteiger partial charge in [-0.3, -0.25) is 4.68 Å². The molecule has 0 amide bonds. The molecule has 1 heterocycles. The second-order valence-corrected chi connectivity index (χ2v) is 4.14. The largest absolute Gasteiger partial charge is 0.304 e. The Kier molecular flexibility index (Phi) is 3.04. The molecule has 5 heteroatoms. The average Bonchev–Trinajstić information content (AvgIpc) is 2.52. The smallest absolute Gasteiger partial charge is 0.135 e. The molecular weight excluding hydrogens is 258 g/mol. The minimum atomic E-state index is 0.532. The van der Waals surface area contributed by atoms with Gasteiger partial charge in [-0.2, -0.15) is 5.10 Å². The van der Waals surface area contributed by atoms with Gasteiger partial charge in [-0.05, 0) is 40.0 Å². The molecule has 1 aromatic heterocycles. The molecule has 0 atom stereocenters. The van der Waals surface area contributed by atoms with Gasteiger partial charge in [0.25, 0.3) is 0 Å². The minimum absolute atomic E-state index is 0.532. The highest BCUT2D eigenvalue weighted by molar-refractivity contribution is 9.10. The fourth-order valence-corrected chi connectivity index (χ4v) is 2.16. The topological polar surface area (TPSA) is 53.1 Å². The molecule has 1 aromatic carbocycles. The SMILES string of the molecule is Cn1nc(Br)c2ccc(CCON)cc21. The van der Waals surface area contributed by atoms with Crippen LogP contribution in [0.1, 0.15) is 5.56 Å². The van der Waals surface area contributed by atoms with E-state index in [2.05, 4.69) is 44.1 Å². The van der Waals surface area contributed by atoms with Gasteiger partial charge in [-0.15, -0.1) is 0 Å². The summed E-state index contributed by atoms with van der Waals surface area (Å²) in [5, 5.41) is 5.41. The monoisotopic (exact) mass is 269 g/mol. The third kappa shape index (κ3) is 2.04. The van der Waals surface area contributed by atoms with Crippen molar-refractivity contribution in [3.05, 3.63) is 28.4 Å². The van der Waals surface area contributed by atoms with E-state index >= 15 is 0 Å². The Labute approximate surface area is 96.1 Å². The van der Waals surface area contributed by atoms with E-state index in [9.17, 15) is 0 Å². The lowest BCUT2D eigenvalue weighted by Crippen LogP contribution is -2.03. The molecule has 4 nitrogen and oxygen atoms in total. The van der Waals surface area contributed by atoms with E-state index in [-0.39, 0.29) is 0 Å². The van der Waals surface area contributed by atoms with Crippen molar-refractivity contribution in [2.45, 2.75) is 6.42 Å². The summed E-state index contributed by atoms with van der Waals surface area (Å²) in [5.74, 6) is 5.00. The van der Waals surface area contributed by atoms with Crippen LogP contribution >= 0.6 is 15.9 Å². The molecule has 2 N–H and O–H groups in total. The summed E-state index contributed by atoms with van der Waals surface area (Å²) in [6.07, 6.45) is 0.815. The first-order chi connectivity index (χ1) is 7.22. The molecule has 0 bridgehead atoms. The van der Waals surface area contributed by atoms with Crippen LogP contribution in [0.15, 0.2) is 22.8 Å². The highest BCUT2D eigenvalue weighted by Crippen LogP contribution is 2.23. The molecule has 80 valence electrons. The van der Waals surface area contributed by atoms with Crippen LogP contribution in [0.25, 0.3) is 10.9 Å². The number of rotatable bonds is 3. The Morgan fingerprint density at radius 3 is 3.07 bits per heavy atom. The van der Waals surface area contributed by atoms with Crippen molar-refractivity contribution in [2.24, 2.45) is 12.9 Å². The summed E-state index contributed by atoms with van der Waals surface area (Å²) < 4.78 is 2.73. The number of aromatic nitrogens is 2. The first kappa shape index (κ1) is 10.6. The number of hydrogen-bond acceptors (Lipinski definition) is 3. The van der Waals surface area contributed by atoms with Crippen molar-refractivity contribution in [1.29, 1.82) is 0 Å². The highest BCUT2D eigenvalue weighted by atomic mass is 79.9. The van der Waals surface area contributed by atoms with Crippen LogP contribution in [0.5, 0.6) is 0 Å². The molecule has 15 heavy (non-hydrogen) atoms. The third-order valence-corrected chi connectivity index (χ3v) is 2.97. The summed E-state index contributed by atoms with van der Waals surface area (Å²) in [5.41, 5.74) is 2.31. The van der Waals surface area contributed by atoms with Gasteiger partial charge in [-0.25, -0.2) is 5.90 Å². The normalized spacial score (nSPS) is 11.1. The first-order valence-corrected chi connectivity index (χ1v) is 5.44. The lowest BCUT2D eigenvalue weighted by Gasteiger charge is -2.01. The second kappa shape index (κ2) is 4.30. The first-order valence-electron chi connectivity index (χ1n) is 4.65. The fourth-order valence-electron chi connectivity index (χ4n) is 1.59. The standard InChI is InChI=1S/C10H12BrN3O/c1-14-9-6-7(4-5-15-12)2-3-8(9)10(11)13-14/h2-3,6H,4-5,12H2,1H3. The third-order valence-electron chi connectivity index (χ3n) is 2.38. The van der Waals surface area contributed by atoms with Crippen molar-refractivity contribution < 1.29 is 4.84 Å². The van der Waals surface area contributed by atoms with Crippen LogP contribution in [0, 0.1) is 0 Å². The number of benzene rings is 1. The summed E-state index contributed by atoms with van der Waals surface area (Å²) in [4.78, 5) is 4.56. The van der Waals surface area contributed by atoms with Crippen molar-refractivity contribution >= 4 is 26.8 Å². The van der Waals surface area contributed by atoms with Gasteiger partial charge in [0.05, 0.1) is 12.1 Å². The predicted molar refractivity (Wildman–Crippen MR) is 62.3 cm³/mol. The van der Waals surface area contributed by atoms with Gasteiger partial charge in [-0.1, -0.05) is 6.07 Å². The molecule has 0 saturated carbocycles. The van der Waals surface area contributed by atoms with Gasteiger partial charge in [0.1, 0.15) is 4.60 Å². The van der Waals surface area contributed by atoms with E-state index in [4.69, 9.17) is 5.90 Å². The average molecular weight is 270 g/mol. The molecule has 0 spiro atoms. The van der Waals surface area contributed by atoms with Gasteiger partial charge in [0.15, 0.2) is 0 Å². The Morgan fingerprint density at radius 2 is 2.33 bits per heavy atom. The Bertz CT molecular complexity index is 481. The van der Waals surface area contributed by atoms with Gasteiger partial charge in [0.2, 0.25) is 0 Å². The quantitative estimate of drug-likeness (QED) is 0.865. The summed E-state index contributed by atoms with van der Waals surface area (Å²) >= 11 is 3.42. The molecule has 0 radical (unpaired) electrons. The number of nitrogens with two attached hydrogens (primary N) is 1. The minimum Gasteiger partial charge on any atom is -0.304 e. The molecule has 0 saturated heterocycles. The van der Waals surface area contributed by atoms with Crippen molar-refractivity contribution in [3.63, 3.8) is 0 Å². The maximum atomic E-state index is 5.00. The zero-order chi connectivity index (χ0) is 10.8. The van der Waals surface area contributed by atoms with E-state index in [1.54, 1.807) is 0 Å². The summed E-state index contributed by atoms with van der Waals surface area (Å²) in [7, 11) is 1.93. The maximum Gasteiger partial charge on any atom is 0.135 e. The van der Waals surface area contributed by atoms with E-state index in [0.29, 0.717) is 6.61 Å². The van der Waals surface area contributed by atoms with Crippen LogP contribution in [0.4, 0.5) is 0 Å². The number of fused-ring (bicyclic) bond motifs is 1. The van der Waals surface area contributed by atoms with Crippen LogP contribution < -0.4 is 5.90 Å². The van der Waals surface area contributed by atoms with Crippen LogP contribution in [-0.4, -0.2) is 16.4 Å². The number of nitrogens with zero attached hydrogens (tertiary/aromatic N) is 2. The molecule has 2 aromatic rings. The van der Waals surface area contributed by atoms with Crippen molar-refractivity contribution in [1.82, 2.24) is 9.78 Å². The van der Waals surface area contributed by atoms with Gasteiger partial charge in [0, 0.05) is 12.4 Å². The Morgan fingerprint density at radius 1 is 1.53 bits per heavy atom. The molecular formula is C10H12BrN3O. The molecule has 0 aliphatic rings. The lowest BCUT2D eigenvalue weighted by molar-refractivity contribution is 0.141. The molecule has 0 aliphatic carbocycles. The van der Waals surface area contributed by atoms with Crippen molar-refractivity contribution in [3.8, 4) is 0 Å². The molecule has 0 fully saturated rings. The Balaban J connectivity index is 2.41. The summed E-state index contributed by atoms with van der Waals surface area (Å²) in [6.45, 7) is 0.532. The molecule has 2 rings (SSSR count). The zero-order valence-corrected chi connectivity index (χ0v) is 9.99. The van der Waals surface area contributed by atoms with E-state index in [0.717, 1.165) is 21.9 Å². The van der Waals surface area contributed by atoms with Crippen LogP contribution in [0.3, 0.4) is 0 Å². The van der Waals surface area contributed by atoms with E-state index in [1.807, 2.05) is 11.7 Å². The lowest BCUT2D eigenvalue weighted by atomic mass is 10.1. The van der Waals surface area contributed by atoms with Gasteiger partial charge < -0.3 is 4.84 Å². The zero-order valence-electron chi connectivity index (χ0n) is 8.40. The number of aryl methyl sites for hydroxylation is 1.